The SMILES string of the molecule is CC(C)(C)OC(=O)N1CCc2[nH]c(=O)c(Br)c(O)c2CC1.CC(C)(C)OC(=O)N1CCc2[nH]c(=O)cc(O)c2CC1.COc1[nH]c2c(c(=O)c1Br)CCN(C(=O)OC(C)(C)C)CC2.COc1[nH]c2c(c(=O)c1Br)CCNCC2. The van der Waals surface area contributed by atoms with Crippen LogP contribution in [0.4, 0.5) is 14.4 Å². The van der Waals surface area contributed by atoms with Crippen molar-refractivity contribution in [2.24, 2.45) is 0 Å². The average Bonchev–Trinajstić information content (AvgIpc) is 3.92. The summed E-state index contributed by atoms with van der Waals surface area (Å²) >= 11 is 9.58. The van der Waals surface area contributed by atoms with Crippen molar-refractivity contribution in [2.75, 3.05) is 66.6 Å². The molecule has 0 aliphatic carbocycles. The molecule has 8 rings (SSSR count). The molecule has 4 aliphatic heterocycles. The number of pyridine rings is 4. The van der Waals surface area contributed by atoms with Gasteiger partial charge in [-0.3, -0.25) is 19.2 Å². The van der Waals surface area contributed by atoms with Gasteiger partial charge in [0.25, 0.3) is 11.1 Å². The highest BCUT2D eigenvalue weighted by atomic mass is 79.9. The smallest absolute Gasteiger partial charge is 0.410 e. The summed E-state index contributed by atoms with van der Waals surface area (Å²) in [6.07, 6.45) is 3.51. The second-order valence-corrected chi connectivity index (χ2v) is 24.1. The Morgan fingerprint density at radius 1 is 0.487 bits per heavy atom. The maximum absolute atomic E-state index is 12.4. The Morgan fingerprint density at radius 3 is 1.28 bits per heavy atom. The number of aromatic nitrogens is 4. The van der Waals surface area contributed by atoms with Crippen LogP contribution >= 0.6 is 47.8 Å². The lowest BCUT2D eigenvalue weighted by Gasteiger charge is -2.26. The van der Waals surface area contributed by atoms with E-state index in [1.54, 1.807) is 21.8 Å². The Hall–Kier alpha value is -5.79. The molecule has 0 bridgehead atoms. The molecule has 78 heavy (non-hydrogen) atoms. The minimum absolute atomic E-state index is 0.00483. The van der Waals surface area contributed by atoms with Crippen LogP contribution in [0.1, 0.15) is 107 Å². The number of methoxy groups -OCH3 is 2. The number of amides is 3. The van der Waals surface area contributed by atoms with E-state index in [1.807, 2.05) is 62.3 Å². The highest BCUT2D eigenvalue weighted by molar-refractivity contribution is 9.11. The largest absolute Gasteiger partial charge is 0.507 e. The molecule has 430 valence electrons. The zero-order valence-electron chi connectivity index (χ0n) is 46.2. The first kappa shape index (κ1) is 63.0. The van der Waals surface area contributed by atoms with Crippen molar-refractivity contribution >= 4 is 66.1 Å². The molecule has 4 aliphatic rings. The number of carbonyl (C=O) groups is 3. The van der Waals surface area contributed by atoms with E-state index in [4.69, 9.17) is 23.7 Å². The van der Waals surface area contributed by atoms with Gasteiger partial charge < -0.3 is 73.8 Å². The predicted molar refractivity (Wildman–Crippen MR) is 304 cm³/mol. The number of aromatic hydroxyl groups is 2. The third-order valence-corrected chi connectivity index (χ3v) is 14.6. The van der Waals surface area contributed by atoms with Gasteiger partial charge >= 0.3 is 18.3 Å². The summed E-state index contributed by atoms with van der Waals surface area (Å²) in [4.78, 5) is 100. The molecule has 8 heterocycles. The third-order valence-electron chi connectivity index (χ3n) is 12.4. The average molecular weight is 1290 g/mol. The Labute approximate surface area is 477 Å². The second kappa shape index (κ2) is 26.9. The Kier molecular flexibility index (Phi) is 21.8. The summed E-state index contributed by atoms with van der Waals surface area (Å²) in [6, 6.07) is 1.17. The number of H-pyrrole nitrogens is 4. The molecule has 7 N–H and O–H groups in total. The van der Waals surface area contributed by atoms with Gasteiger partial charge in [0.1, 0.15) is 41.7 Å². The first-order valence-electron chi connectivity index (χ1n) is 25.6. The van der Waals surface area contributed by atoms with Crippen molar-refractivity contribution in [3.8, 4) is 23.3 Å². The molecule has 0 radical (unpaired) electrons. The molecular weight excluding hydrogens is 1210 g/mol. The summed E-state index contributed by atoms with van der Waals surface area (Å²) in [5.41, 5.74) is 3.77. The molecule has 0 saturated heterocycles. The van der Waals surface area contributed by atoms with Crippen LogP contribution in [-0.2, 0) is 65.6 Å². The van der Waals surface area contributed by atoms with Crippen LogP contribution in [0.25, 0.3) is 0 Å². The molecule has 25 heteroatoms. The minimum Gasteiger partial charge on any atom is -0.507 e. The molecule has 0 fully saturated rings. The first-order valence-corrected chi connectivity index (χ1v) is 28.0. The van der Waals surface area contributed by atoms with E-state index in [9.17, 15) is 43.8 Å². The van der Waals surface area contributed by atoms with E-state index in [1.165, 1.54) is 13.2 Å². The van der Waals surface area contributed by atoms with Crippen LogP contribution in [0.5, 0.6) is 23.3 Å². The zero-order valence-corrected chi connectivity index (χ0v) is 50.9. The van der Waals surface area contributed by atoms with Crippen LogP contribution in [0, 0.1) is 0 Å². The predicted octanol–water partition coefficient (Wildman–Crippen LogP) is 6.91. The summed E-state index contributed by atoms with van der Waals surface area (Å²) < 4.78 is 27.4. The molecule has 0 saturated carbocycles. The Bertz CT molecular complexity index is 3060. The molecule has 22 nitrogen and oxygen atoms in total. The van der Waals surface area contributed by atoms with Gasteiger partial charge in [0.05, 0.1) is 14.2 Å². The van der Waals surface area contributed by atoms with Gasteiger partial charge in [-0.15, -0.1) is 0 Å². The van der Waals surface area contributed by atoms with Crippen molar-refractivity contribution in [3.63, 3.8) is 0 Å². The first-order chi connectivity index (χ1) is 36.4. The highest BCUT2D eigenvalue weighted by Gasteiger charge is 2.30. The normalized spacial score (nSPS) is 15.3. The van der Waals surface area contributed by atoms with Gasteiger partial charge in [-0.1, -0.05) is 0 Å². The van der Waals surface area contributed by atoms with Crippen LogP contribution in [0.2, 0.25) is 0 Å². The Morgan fingerprint density at radius 2 is 0.846 bits per heavy atom. The number of nitrogens with one attached hydrogen (secondary N) is 5. The van der Waals surface area contributed by atoms with E-state index in [0.717, 1.165) is 42.9 Å². The van der Waals surface area contributed by atoms with Gasteiger partial charge in [0.2, 0.25) is 22.6 Å². The van der Waals surface area contributed by atoms with Crippen molar-refractivity contribution in [1.82, 2.24) is 40.0 Å². The van der Waals surface area contributed by atoms with Gasteiger partial charge in [0.15, 0.2) is 0 Å². The number of hydrogen-bond donors (Lipinski definition) is 7. The van der Waals surface area contributed by atoms with Gasteiger partial charge in [-0.25, -0.2) is 14.4 Å². The quantitative estimate of drug-likeness (QED) is 0.100. The number of nitrogens with zero attached hydrogens (tertiary/aromatic N) is 3. The molecule has 4 aromatic heterocycles. The second-order valence-electron chi connectivity index (χ2n) is 21.7. The van der Waals surface area contributed by atoms with E-state index >= 15 is 0 Å². The summed E-state index contributed by atoms with van der Waals surface area (Å²) in [5.74, 6) is 0.879. The number of ether oxygens (including phenoxy) is 5. The monoisotopic (exact) mass is 1280 g/mol. The number of halogens is 3. The molecular formula is C53H73Br3N8O14. The maximum atomic E-state index is 12.4. The Balaban J connectivity index is 0.000000193. The molecule has 0 spiro atoms. The third kappa shape index (κ3) is 17.4. The summed E-state index contributed by atoms with van der Waals surface area (Å²) in [6.45, 7) is 20.9. The fourth-order valence-corrected chi connectivity index (χ4v) is 10.0. The van der Waals surface area contributed by atoms with Gasteiger partial charge in [-0.2, -0.15) is 0 Å². The van der Waals surface area contributed by atoms with Crippen LogP contribution in [-0.4, -0.2) is 147 Å². The summed E-state index contributed by atoms with van der Waals surface area (Å²) in [7, 11) is 3.06. The van der Waals surface area contributed by atoms with E-state index in [-0.39, 0.29) is 56.2 Å². The van der Waals surface area contributed by atoms with Gasteiger partial charge in [0, 0.05) is 123 Å². The van der Waals surface area contributed by atoms with E-state index in [0.29, 0.717) is 127 Å². The number of carbonyl (C=O) groups excluding carboxylic acids is 3. The van der Waals surface area contributed by atoms with Crippen molar-refractivity contribution < 1.29 is 48.3 Å². The molecule has 0 aromatic carbocycles. The fraction of sp³-hybridized carbons (Fsp3) is 0.566. The highest BCUT2D eigenvalue weighted by Crippen LogP contribution is 2.30. The van der Waals surface area contributed by atoms with Crippen molar-refractivity contribution in [2.45, 2.75) is 130 Å². The standard InChI is InChI=1S/C15H21BrN2O4.C14H19BrN2O4.C14H20N2O4.C10H13BrN2O2/c1-15(2,3)22-14(20)18-7-5-9-10(6-8-18)17-13(21-4)11(16)12(9)19;1-14(2,3)21-13(20)17-6-4-8-9(5-7-17)16-12(19)10(15)11(8)18;1-14(2,3)20-13(19)16-6-4-9-10(5-7-16)15-12(18)8-11(9)17;1-15-10-8(11)9(14)6-2-4-12-5-3-7(6)13-10/h5-8H2,1-4H3,(H,17,19);4-7H2,1-3H3,(H2,16,18,19);8H,4-7H2,1-3H3,(H2,15,17,18);12H,2-5H2,1H3,(H,13,14). The number of aromatic amines is 4. The lowest BCUT2D eigenvalue weighted by Crippen LogP contribution is -2.38. The zero-order chi connectivity index (χ0) is 58.0. The van der Waals surface area contributed by atoms with E-state index in [2.05, 4.69) is 73.0 Å². The topological polar surface area (TPSA) is 291 Å². The maximum Gasteiger partial charge on any atom is 0.410 e. The van der Waals surface area contributed by atoms with Crippen LogP contribution < -0.4 is 36.8 Å². The van der Waals surface area contributed by atoms with Crippen LogP contribution in [0.15, 0.2) is 38.7 Å². The number of hydrogen-bond acceptors (Lipinski definition) is 15. The minimum atomic E-state index is -0.546. The van der Waals surface area contributed by atoms with Crippen molar-refractivity contribution in [3.05, 3.63) is 106 Å². The number of fused-ring (bicyclic) bond motifs is 4. The summed E-state index contributed by atoms with van der Waals surface area (Å²) in [5, 5.41) is 23.1. The van der Waals surface area contributed by atoms with Crippen LogP contribution in [0.3, 0.4) is 0 Å². The van der Waals surface area contributed by atoms with Crippen molar-refractivity contribution in [1.29, 1.82) is 0 Å². The van der Waals surface area contributed by atoms with Gasteiger partial charge in [-0.05, 0) is 142 Å². The van der Waals surface area contributed by atoms with E-state index < -0.39 is 16.8 Å². The molecule has 0 unspecified atom stereocenters. The fourth-order valence-electron chi connectivity index (χ4n) is 8.66. The molecule has 4 aromatic rings. The molecule has 0 atom stereocenters. The number of rotatable bonds is 2. The lowest BCUT2D eigenvalue weighted by molar-refractivity contribution is 0.0247. The molecule has 3 amide bonds. The lowest BCUT2D eigenvalue weighted by atomic mass is 10.1.